The summed E-state index contributed by atoms with van der Waals surface area (Å²) in [5.74, 6) is 1.35. The standard InChI is InChI=1S/C23H19N3O3/c1-15-2-4-16(5-3-15)23(27)24-18-7-9-22-25-19(14-26(22)13-18)17-6-8-20-21(12-17)29-11-10-28-20/h2-9,12-14H,10-11H2,1H3,(H,24,27). The highest BCUT2D eigenvalue weighted by molar-refractivity contribution is 6.04. The van der Waals surface area contributed by atoms with E-state index in [-0.39, 0.29) is 5.91 Å². The van der Waals surface area contributed by atoms with Gasteiger partial charge >= 0.3 is 0 Å². The molecule has 6 heteroatoms. The lowest BCUT2D eigenvalue weighted by Gasteiger charge is -2.18. The molecule has 4 aromatic rings. The predicted octanol–water partition coefficient (Wildman–Crippen LogP) is 4.33. The number of rotatable bonds is 3. The second-order valence-electron chi connectivity index (χ2n) is 6.99. The first-order valence-corrected chi connectivity index (χ1v) is 9.42. The van der Waals surface area contributed by atoms with Gasteiger partial charge in [0.2, 0.25) is 0 Å². The highest BCUT2D eigenvalue weighted by Gasteiger charge is 2.14. The van der Waals surface area contributed by atoms with Crippen LogP contribution in [0.1, 0.15) is 15.9 Å². The van der Waals surface area contributed by atoms with Crippen molar-refractivity contribution in [3.63, 3.8) is 0 Å². The largest absolute Gasteiger partial charge is 0.486 e. The number of hydrogen-bond donors (Lipinski definition) is 1. The normalized spacial score (nSPS) is 12.7. The lowest BCUT2D eigenvalue weighted by Crippen LogP contribution is -2.15. The number of nitrogens with zero attached hydrogens (tertiary/aromatic N) is 2. The molecule has 0 saturated heterocycles. The molecule has 6 nitrogen and oxygen atoms in total. The third-order valence-corrected chi connectivity index (χ3v) is 4.86. The fraction of sp³-hybridized carbons (Fsp3) is 0.130. The van der Waals surface area contributed by atoms with Gasteiger partial charge in [-0.15, -0.1) is 0 Å². The van der Waals surface area contributed by atoms with Gasteiger partial charge in [-0.3, -0.25) is 4.79 Å². The van der Waals surface area contributed by atoms with Gasteiger partial charge in [-0.2, -0.15) is 0 Å². The van der Waals surface area contributed by atoms with Crippen molar-refractivity contribution in [3.8, 4) is 22.8 Å². The van der Waals surface area contributed by atoms with Crippen LogP contribution in [0.25, 0.3) is 16.9 Å². The number of hydrogen-bond acceptors (Lipinski definition) is 4. The molecule has 0 bridgehead atoms. The summed E-state index contributed by atoms with van der Waals surface area (Å²) in [5.41, 5.74) is 5.01. The SMILES string of the molecule is Cc1ccc(C(=O)Nc2ccc3nc(-c4ccc5c(c4)OCCO5)cn3c2)cc1. The number of pyridine rings is 1. The lowest BCUT2D eigenvalue weighted by molar-refractivity contribution is 0.102. The monoisotopic (exact) mass is 385 g/mol. The Hall–Kier alpha value is -3.80. The molecule has 0 fully saturated rings. The van der Waals surface area contributed by atoms with E-state index in [9.17, 15) is 4.79 Å². The van der Waals surface area contributed by atoms with Crippen molar-refractivity contribution in [2.24, 2.45) is 0 Å². The second kappa shape index (κ2) is 6.98. The summed E-state index contributed by atoms with van der Waals surface area (Å²) in [7, 11) is 0. The van der Waals surface area contributed by atoms with Crippen LogP contribution >= 0.6 is 0 Å². The van der Waals surface area contributed by atoms with E-state index in [1.165, 1.54) is 0 Å². The van der Waals surface area contributed by atoms with Crippen LogP contribution in [-0.4, -0.2) is 28.5 Å². The summed E-state index contributed by atoms with van der Waals surface area (Å²) in [4.78, 5) is 17.1. The van der Waals surface area contributed by atoms with Gasteiger partial charge < -0.3 is 19.2 Å². The molecular formula is C23H19N3O3. The molecule has 0 atom stereocenters. The van der Waals surface area contributed by atoms with Crippen LogP contribution in [0.5, 0.6) is 11.5 Å². The minimum Gasteiger partial charge on any atom is -0.486 e. The van der Waals surface area contributed by atoms with Gasteiger partial charge in [-0.05, 0) is 49.4 Å². The quantitative estimate of drug-likeness (QED) is 0.570. The van der Waals surface area contributed by atoms with E-state index >= 15 is 0 Å². The summed E-state index contributed by atoms with van der Waals surface area (Å²) < 4.78 is 13.1. The molecule has 1 aliphatic heterocycles. The molecular weight excluding hydrogens is 366 g/mol. The maximum Gasteiger partial charge on any atom is 0.255 e. The fourth-order valence-corrected chi connectivity index (χ4v) is 3.32. The van der Waals surface area contributed by atoms with E-state index in [1.807, 2.05) is 78.3 Å². The van der Waals surface area contributed by atoms with Gasteiger partial charge in [0.1, 0.15) is 18.9 Å². The Morgan fingerprint density at radius 1 is 0.966 bits per heavy atom. The Kier molecular flexibility index (Phi) is 4.17. The van der Waals surface area contributed by atoms with Gasteiger partial charge in [0.05, 0.1) is 11.4 Å². The van der Waals surface area contributed by atoms with E-state index in [0.717, 1.165) is 34.0 Å². The van der Waals surface area contributed by atoms with E-state index in [1.54, 1.807) is 0 Å². The number of carbonyl (C=O) groups is 1. The fourth-order valence-electron chi connectivity index (χ4n) is 3.32. The first-order chi connectivity index (χ1) is 14.2. The summed E-state index contributed by atoms with van der Waals surface area (Å²) >= 11 is 0. The molecule has 0 spiro atoms. The molecule has 1 N–H and O–H groups in total. The lowest BCUT2D eigenvalue weighted by atomic mass is 10.1. The molecule has 0 saturated carbocycles. The van der Waals surface area contributed by atoms with Gasteiger partial charge in [-0.1, -0.05) is 17.7 Å². The maximum atomic E-state index is 12.5. The smallest absolute Gasteiger partial charge is 0.255 e. The second-order valence-corrected chi connectivity index (χ2v) is 6.99. The number of amides is 1. The Labute approximate surface area is 167 Å². The molecule has 29 heavy (non-hydrogen) atoms. The van der Waals surface area contributed by atoms with Crippen LogP contribution in [0.2, 0.25) is 0 Å². The minimum atomic E-state index is -0.142. The molecule has 144 valence electrons. The first-order valence-electron chi connectivity index (χ1n) is 9.42. The van der Waals surface area contributed by atoms with Gasteiger partial charge in [0.25, 0.3) is 5.91 Å². The predicted molar refractivity (Wildman–Crippen MR) is 111 cm³/mol. The van der Waals surface area contributed by atoms with Crippen molar-refractivity contribution < 1.29 is 14.3 Å². The highest BCUT2D eigenvalue weighted by atomic mass is 16.6. The Morgan fingerprint density at radius 2 is 1.76 bits per heavy atom. The summed E-state index contributed by atoms with van der Waals surface area (Å²) in [5, 5.41) is 2.94. The number of aryl methyl sites for hydroxylation is 1. The zero-order valence-electron chi connectivity index (χ0n) is 15.9. The minimum absolute atomic E-state index is 0.142. The number of ether oxygens (including phenoxy) is 2. The van der Waals surface area contributed by atoms with Gasteiger partial charge in [-0.25, -0.2) is 4.98 Å². The number of nitrogens with one attached hydrogen (secondary N) is 1. The topological polar surface area (TPSA) is 64.9 Å². The van der Waals surface area contributed by atoms with Crippen LogP contribution in [-0.2, 0) is 0 Å². The first kappa shape index (κ1) is 17.3. The van der Waals surface area contributed by atoms with Crippen molar-refractivity contribution in [2.45, 2.75) is 6.92 Å². The summed E-state index contributed by atoms with van der Waals surface area (Å²) in [6, 6.07) is 17.0. The third kappa shape index (κ3) is 3.40. The maximum absolute atomic E-state index is 12.5. The Bertz CT molecular complexity index is 1210. The third-order valence-electron chi connectivity index (χ3n) is 4.86. The van der Waals surface area contributed by atoms with Crippen molar-refractivity contribution >= 4 is 17.2 Å². The van der Waals surface area contributed by atoms with Crippen molar-refractivity contribution in [1.29, 1.82) is 0 Å². The zero-order valence-corrected chi connectivity index (χ0v) is 15.9. The van der Waals surface area contributed by atoms with Crippen LogP contribution in [0.4, 0.5) is 5.69 Å². The van der Waals surface area contributed by atoms with Crippen molar-refractivity contribution in [2.75, 3.05) is 18.5 Å². The molecule has 1 aliphatic rings. The number of anilines is 1. The van der Waals surface area contributed by atoms with Gasteiger partial charge in [0.15, 0.2) is 11.5 Å². The van der Waals surface area contributed by atoms with E-state index in [4.69, 9.17) is 9.47 Å². The number of fused-ring (bicyclic) bond motifs is 2. The summed E-state index contributed by atoms with van der Waals surface area (Å²) in [6.07, 6.45) is 3.79. The molecule has 3 heterocycles. The number of benzene rings is 2. The average molecular weight is 385 g/mol. The van der Waals surface area contributed by atoms with Crippen molar-refractivity contribution in [3.05, 3.63) is 78.1 Å². The average Bonchev–Trinajstić information content (AvgIpc) is 3.17. The highest BCUT2D eigenvalue weighted by Crippen LogP contribution is 2.34. The number of carbonyl (C=O) groups excluding carboxylic acids is 1. The van der Waals surface area contributed by atoms with Crippen LogP contribution < -0.4 is 14.8 Å². The number of aromatic nitrogens is 2. The molecule has 0 unspecified atom stereocenters. The van der Waals surface area contributed by atoms with E-state index in [0.29, 0.717) is 24.5 Å². The molecule has 0 aliphatic carbocycles. The summed E-state index contributed by atoms with van der Waals surface area (Å²) in [6.45, 7) is 3.11. The Morgan fingerprint density at radius 3 is 2.59 bits per heavy atom. The van der Waals surface area contributed by atoms with E-state index < -0.39 is 0 Å². The zero-order chi connectivity index (χ0) is 19.8. The van der Waals surface area contributed by atoms with Crippen LogP contribution in [0.3, 0.4) is 0 Å². The Balaban J connectivity index is 1.41. The molecule has 5 rings (SSSR count). The van der Waals surface area contributed by atoms with Crippen LogP contribution in [0, 0.1) is 6.92 Å². The molecule has 1 amide bonds. The number of imidazole rings is 1. The van der Waals surface area contributed by atoms with E-state index in [2.05, 4.69) is 10.3 Å². The molecule has 2 aromatic heterocycles. The van der Waals surface area contributed by atoms with Gasteiger partial charge in [0, 0.05) is 23.5 Å². The van der Waals surface area contributed by atoms with Crippen molar-refractivity contribution in [1.82, 2.24) is 9.38 Å². The van der Waals surface area contributed by atoms with Crippen LogP contribution in [0.15, 0.2) is 67.0 Å². The molecule has 0 radical (unpaired) electrons. The molecule has 2 aromatic carbocycles.